The lowest BCUT2D eigenvalue weighted by Crippen LogP contribution is -2.38. The number of piperidine rings is 1. The van der Waals surface area contributed by atoms with E-state index in [1.165, 1.54) is 24.0 Å². The summed E-state index contributed by atoms with van der Waals surface area (Å²) in [5, 5.41) is 3.67. The summed E-state index contributed by atoms with van der Waals surface area (Å²) in [7, 11) is -1.10. The molecule has 0 radical (unpaired) electrons. The summed E-state index contributed by atoms with van der Waals surface area (Å²) >= 11 is 0. The fourth-order valence-electron chi connectivity index (χ4n) is 3.76. The van der Waals surface area contributed by atoms with Crippen molar-refractivity contribution in [3.05, 3.63) is 29.3 Å². The molecule has 0 spiro atoms. The number of carbonyl (C=O) groups excluding carboxylic acids is 1. The molecule has 144 valence electrons. The lowest BCUT2D eigenvalue weighted by atomic mass is 9.90. The first kappa shape index (κ1) is 19.6. The van der Waals surface area contributed by atoms with Gasteiger partial charge >= 0.3 is 0 Å². The maximum atomic E-state index is 12.4. The van der Waals surface area contributed by atoms with Gasteiger partial charge in [0.25, 0.3) is 0 Å². The number of benzene rings is 1. The number of anilines is 1. The Bertz CT molecular complexity index is 633. The van der Waals surface area contributed by atoms with Crippen molar-refractivity contribution in [3.8, 4) is 0 Å². The molecule has 26 heavy (non-hydrogen) atoms. The summed E-state index contributed by atoms with van der Waals surface area (Å²) in [4.78, 5) is 14.2. The monoisotopic (exact) mass is 374 g/mol. The number of hydrogen-bond donors (Lipinski definition) is 1. The summed E-state index contributed by atoms with van der Waals surface area (Å²) in [6.07, 6.45) is 3.91. The molecule has 1 aromatic rings. The summed E-state index contributed by atoms with van der Waals surface area (Å²) < 4.78 is 5.86. The van der Waals surface area contributed by atoms with E-state index in [1.54, 1.807) is 0 Å². The van der Waals surface area contributed by atoms with Crippen LogP contribution in [-0.4, -0.2) is 33.9 Å². The number of aryl methyl sites for hydroxylation is 1. The van der Waals surface area contributed by atoms with Crippen LogP contribution in [0, 0.1) is 5.92 Å². The largest absolute Gasteiger partial charge is 0.361 e. The van der Waals surface area contributed by atoms with Crippen LogP contribution in [0.1, 0.15) is 43.4 Å². The van der Waals surface area contributed by atoms with Crippen LogP contribution in [0.2, 0.25) is 25.7 Å². The molecule has 3 rings (SSSR count). The lowest BCUT2D eigenvalue weighted by molar-refractivity contribution is -0.120. The fourth-order valence-corrected chi connectivity index (χ4v) is 4.51. The Hall–Kier alpha value is -1.17. The van der Waals surface area contributed by atoms with Crippen LogP contribution in [0.15, 0.2) is 18.2 Å². The van der Waals surface area contributed by atoms with Crippen molar-refractivity contribution in [2.24, 2.45) is 5.92 Å². The van der Waals surface area contributed by atoms with Crippen LogP contribution in [0.5, 0.6) is 0 Å². The lowest BCUT2D eigenvalue weighted by Gasteiger charge is -2.32. The second kappa shape index (κ2) is 8.24. The van der Waals surface area contributed by atoms with Crippen molar-refractivity contribution >= 4 is 19.7 Å². The molecular formula is C21H34N2O2Si. The van der Waals surface area contributed by atoms with E-state index in [0.717, 1.165) is 37.2 Å². The van der Waals surface area contributed by atoms with E-state index in [4.69, 9.17) is 4.74 Å². The molecule has 5 heteroatoms. The first-order valence-electron chi connectivity index (χ1n) is 10.1. The maximum absolute atomic E-state index is 12.4. The van der Waals surface area contributed by atoms with E-state index < -0.39 is 8.07 Å². The molecule has 1 aromatic carbocycles. The molecule has 0 saturated carbocycles. The van der Waals surface area contributed by atoms with E-state index >= 15 is 0 Å². The Labute approximate surface area is 159 Å². The molecule has 4 nitrogen and oxygen atoms in total. The number of nitrogens with one attached hydrogen (secondary N) is 1. The normalized spacial score (nSPS) is 23.8. The molecule has 2 aliphatic rings. The van der Waals surface area contributed by atoms with Gasteiger partial charge in [-0.15, -0.1) is 0 Å². The maximum Gasteiger partial charge on any atom is 0.229 e. The minimum atomic E-state index is -1.10. The summed E-state index contributed by atoms with van der Waals surface area (Å²) in [6.45, 7) is 11.6. The molecule has 2 aliphatic heterocycles. The number of fused-ring (bicyclic) bond motifs is 1. The molecule has 0 aromatic heterocycles. The third-order valence-electron chi connectivity index (χ3n) is 5.58. The van der Waals surface area contributed by atoms with Crippen LogP contribution < -0.4 is 10.2 Å². The molecular weight excluding hydrogens is 340 g/mol. The van der Waals surface area contributed by atoms with E-state index in [9.17, 15) is 4.79 Å². The van der Waals surface area contributed by atoms with E-state index in [1.807, 2.05) is 4.90 Å². The Kier molecular flexibility index (Phi) is 6.20. The van der Waals surface area contributed by atoms with Gasteiger partial charge in [-0.25, -0.2) is 0 Å². The number of amides is 1. The summed E-state index contributed by atoms with van der Waals surface area (Å²) in [6, 6.07) is 8.22. The van der Waals surface area contributed by atoms with Crippen LogP contribution in [0.25, 0.3) is 0 Å². The van der Waals surface area contributed by atoms with Crippen LogP contribution >= 0.6 is 0 Å². The van der Waals surface area contributed by atoms with Gasteiger partial charge in [-0.05, 0) is 55.0 Å². The molecule has 2 unspecified atom stereocenters. The molecule has 1 N–H and O–H groups in total. The van der Waals surface area contributed by atoms with Gasteiger partial charge in [-0.2, -0.15) is 0 Å². The Morgan fingerprint density at radius 2 is 2.04 bits per heavy atom. The van der Waals surface area contributed by atoms with E-state index in [-0.39, 0.29) is 5.91 Å². The summed E-state index contributed by atoms with van der Waals surface area (Å²) in [5.41, 5.74) is 3.70. The second-order valence-corrected chi connectivity index (χ2v) is 14.8. The zero-order chi connectivity index (χ0) is 18.7. The second-order valence-electron chi connectivity index (χ2n) is 9.20. The van der Waals surface area contributed by atoms with E-state index in [0.29, 0.717) is 19.2 Å². The standard InChI is InChI=1S/C21H34N2O2Si/c1-16-5-8-19(22-14-16)17-6-9-20-18(13-17)7-10-21(24)23(20)15-25-11-12-26(2,3)4/h6,9,13,16,19,22H,5,7-8,10-12,14-15H2,1-4H3. The minimum absolute atomic E-state index is 0.183. The zero-order valence-corrected chi connectivity index (χ0v) is 17.8. The number of rotatable bonds is 6. The van der Waals surface area contributed by atoms with Gasteiger partial charge in [0.2, 0.25) is 5.91 Å². The Balaban J connectivity index is 1.66. The zero-order valence-electron chi connectivity index (χ0n) is 16.8. The number of ether oxygens (including phenoxy) is 1. The van der Waals surface area contributed by atoms with Crippen molar-refractivity contribution < 1.29 is 9.53 Å². The van der Waals surface area contributed by atoms with Crippen molar-refractivity contribution in [2.45, 2.75) is 64.3 Å². The smallest absolute Gasteiger partial charge is 0.229 e. The van der Waals surface area contributed by atoms with E-state index in [2.05, 4.69) is 50.1 Å². The van der Waals surface area contributed by atoms with Crippen LogP contribution in [-0.2, 0) is 16.0 Å². The minimum Gasteiger partial charge on any atom is -0.361 e. The predicted molar refractivity (Wildman–Crippen MR) is 110 cm³/mol. The van der Waals surface area contributed by atoms with Gasteiger partial charge in [0.15, 0.2) is 0 Å². The third kappa shape index (κ3) is 4.96. The molecule has 2 heterocycles. The van der Waals surface area contributed by atoms with Crippen LogP contribution in [0.4, 0.5) is 5.69 Å². The molecule has 0 aliphatic carbocycles. The molecule has 2 atom stereocenters. The van der Waals surface area contributed by atoms with Gasteiger partial charge in [-0.3, -0.25) is 9.69 Å². The fraction of sp³-hybridized carbons (Fsp3) is 0.667. The number of hydrogen-bond acceptors (Lipinski definition) is 3. The quantitative estimate of drug-likeness (QED) is 0.595. The Morgan fingerprint density at radius 3 is 2.73 bits per heavy atom. The highest BCUT2D eigenvalue weighted by Gasteiger charge is 2.26. The van der Waals surface area contributed by atoms with Crippen molar-refractivity contribution in [2.75, 3.05) is 24.8 Å². The van der Waals surface area contributed by atoms with Gasteiger partial charge in [0, 0.05) is 32.8 Å². The first-order valence-corrected chi connectivity index (χ1v) is 13.8. The van der Waals surface area contributed by atoms with Gasteiger partial charge in [0.1, 0.15) is 6.73 Å². The Morgan fingerprint density at radius 1 is 1.23 bits per heavy atom. The van der Waals surface area contributed by atoms with Gasteiger partial charge < -0.3 is 10.1 Å². The summed E-state index contributed by atoms with van der Waals surface area (Å²) in [5.74, 6) is 0.952. The molecule has 0 bridgehead atoms. The molecule has 1 amide bonds. The first-order chi connectivity index (χ1) is 12.3. The molecule has 1 fully saturated rings. The highest BCUT2D eigenvalue weighted by molar-refractivity contribution is 6.76. The average molecular weight is 375 g/mol. The van der Waals surface area contributed by atoms with Gasteiger partial charge in [0.05, 0.1) is 0 Å². The highest BCUT2D eigenvalue weighted by Crippen LogP contribution is 2.33. The predicted octanol–water partition coefficient (Wildman–Crippen LogP) is 4.34. The topological polar surface area (TPSA) is 41.6 Å². The third-order valence-corrected chi connectivity index (χ3v) is 7.29. The molecule has 1 saturated heterocycles. The van der Waals surface area contributed by atoms with Crippen molar-refractivity contribution in [3.63, 3.8) is 0 Å². The van der Waals surface area contributed by atoms with Crippen LogP contribution in [0.3, 0.4) is 0 Å². The highest BCUT2D eigenvalue weighted by atomic mass is 28.3. The SMILES string of the molecule is CC1CCC(c2ccc3c(c2)CCC(=O)N3COCC[Si](C)(C)C)NC1. The van der Waals surface area contributed by atoms with Gasteiger partial charge in [-0.1, -0.05) is 38.7 Å². The van der Waals surface area contributed by atoms with Crippen molar-refractivity contribution in [1.82, 2.24) is 5.32 Å². The number of nitrogens with zero attached hydrogens (tertiary/aromatic N) is 1. The van der Waals surface area contributed by atoms with Crippen molar-refractivity contribution in [1.29, 1.82) is 0 Å². The average Bonchev–Trinajstić information content (AvgIpc) is 2.59. The number of carbonyl (C=O) groups is 1.